The summed E-state index contributed by atoms with van der Waals surface area (Å²) in [5.41, 5.74) is 4.59. The SMILES string of the molecule is COC(OC)C(CNC(=O)c1cc2c(C)ccc(N(C)Sc3cccnc3Cl)c2[nH]1)SCc1ccccc1. The highest BCUT2D eigenvalue weighted by molar-refractivity contribution is 8.00. The number of methoxy groups -OCH3 is 2. The first-order chi connectivity index (χ1) is 18.4. The fourth-order valence-electron chi connectivity index (χ4n) is 4.06. The van der Waals surface area contributed by atoms with Crippen LogP contribution in [0.1, 0.15) is 21.6 Å². The molecule has 2 heterocycles. The van der Waals surface area contributed by atoms with Gasteiger partial charge in [-0.25, -0.2) is 4.98 Å². The van der Waals surface area contributed by atoms with Gasteiger partial charge in [0.15, 0.2) is 6.29 Å². The van der Waals surface area contributed by atoms with Crippen molar-refractivity contribution >= 4 is 57.8 Å². The van der Waals surface area contributed by atoms with Gasteiger partial charge >= 0.3 is 0 Å². The normalized spacial score (nSPS) is 12.2. The molecule has 7 nitrogen and oxygen atoms in total. The van der Waals surface area contributed by atoms with Crippen molar-refractivity contribution in [3.8, 4) is 0 Å². The smallest absolute Gasteiger partial charge is 0.267 e. The number of benzene rings is 2. The number of ether oxygens (including phenoxy) is 2. The fourth-order valence-corrected chi connectivity index (χ4v) is 6.28. The number of halogens is 1. The van der Waals surface area contributed by atoms with Crippen LogP contribution in [-0.2, 0) is 15.2 Å². The second-order valence-corrected chi connectivity index (χ2v) is 11.4. The zero-order chi connectivity index (χ0) is 27.1. The van der Waals surface area contributed by atoms with E-state index in [1.807, 2.05) is 66.8 Å². The van der Waals surface area contributed by atoms with Crippen LogP contribution in [0.4, 0.5) is 5.69 Å². The number of pyridine rings is 1. The van der Waals surface area contributed by atoms with E-state index in [1.54, 1.807) is 32.2 Å². The van der Waals surface area contributed by atoms with Crippen LogP contribution in [0.15, 0.2) is 71.8 Å². The third-order valence-electron chi connectivity index (χ3n) is 6.07. The molecule has 0 saturated heterocycles. The van der Waals surface area contributed by atoms with Crippen LogP contribution < -0.4 is 9.62 Å². The summed E-state index contributed by atoms with van der Waals surface area (Å²) < 4.78 is 13.1. The molecule has 0 radical (unpaired) electrons. The lowest BCUT2D eigenvalue weighted by atomic mass is 10.1. The number of aromatic nitrogens is 2. The van der Waals surface area contributed by atoms with Gasteiger partial charge in [-0.1, -0.05) is 48.0 Å². The average molecular weight is 571 g/mol. The molecule has 1 amide bonds. The van der Waals surface area contributed by atoms with E-state index in [4.69, 9.17) is 21.1 Å². The van der Waals surface area contributed by atoms with Crippen molar-refractivity contribution in [1.82, 2.24) is 15.3 Å². The molecule has 2 N–H and O–H groups in total. The Hall–Kier alpha value is -2.69. The average Bonchev–Trinajstić information content (AvgIpc) is 3.39. The summed E-state index contributed by atoms with van der Waals surface area (Å²) in [5, 5.41) is 4.40. The van der Waals surface area contributed by atoms with Gasteiger partial charge in [0.2, 0.25) is 0 Å². The first-order valence-corrected chi connectivity index (χ1v) is 14.2. The molecule has 2 aromatic carbocycles. The molecule has 10 heteroatoms. The van der Waals surface area contributed by atoms with Gasteiger partial charge in [-0.2, -0.15) is 0 Å². The van der Waals surface area contributed by atoms with Crippen molar-refractivity contribution in [2.75, 3.05) is 32.1 Å². The van der Waals surface area contributed by atoms with Crippen LogP contribution in [-0.4, -0.2) is 55.2 Å². The van der Waals surface area contributed by atoms with E-state index in [9.17, 15) is 4.79 Å². The molecule has 0 bridgehead atoms. The molecule has 2 aromatic heterocycles. The maximum atomic E-state index is 13.2. The summed E-state index contributed by atoms with van der Waals surface area (Å²) >= 11 is 9.43. The van der Waals surface area contributed by atoms with Crippen molar-refractivity contribution in [2.45, 2.75) is 29.1 Å². The van der Waals surface area contributed by atoms with Crippen LogP contribution in [0.5, 0.6) is 0 Å². The van der Waals surface area contributed by atoms with Gasteiger partial charge < -0.3 is 24.1 Å². The molecule has 1 unspecified atom stereocenters. The van der Waals surface area contributed by atoms with Gasteiger partial charge in [0, 0.05) is 45.1 Å². The molecule has 200 valence electrons. The predicted molar refractivity (Wildman–Crippen MR) is 158 cm³/mol. The maximum Gasteiger partial charge on any atom is 0.267 e. The zero-order valence-corrected chi connectivity index (χ0v) is 24.1. The Labute approximate surface area is 236 Å². The third kappa shape index (κ3) is 6.84. The molecule has 0 fully saturated rings. The fraction of sp³-hybridized carbons (Fsp3) is 0.286. The zero-order valence-electron chi connectivity index (χ0n) is 21.7. The standard InChI is InChI=1S/C28H31ClN4O3S2/c1-18-12-13-22(33(2)38-23-11-8-14-30-26(23)29)25-20(18)15-21(32-25)27(34)31-16-24(28(35-3)36-4)37-17-19-9-6-5-7-10-19/h5-15,24,28,32H,16-17H2,1-4H3,(H,31,34). The van der Waals surface area contributed by atoms with Gasteiger partial charge in [0.25, 0.3) is 5.91 Å². The van der Waals surface area contributed by atoms with E-state index in [2.05, 4.69) is 27.4 Å². The number of rotatable bonds is 12. The molecule has 0 aliphatic carbocycles. The Bertz CT molecular complexity index is 1360. The number of amides is 1. The number of nitrogens with zero attached hydrogens (tertiary/aromatic N) is 2. The third-order valence-corrected chi connectivity index (χ3v) is 8.80. The van der Waals surface area contributed by atoms with Crippen LogP contribution in [0, 0.1) is 6.92 Å². The number of thioether (sulfide) groups is 1. The lowest BCUT2D eigenvalue weighted by Gasteiger charge is -2.24. The molecule has 4 aromatic rings. The van der Waals surface area contributed by atoms with Crippen molar-refractivity contribution in [3.05, 3.63) is 88.8 Å². The first kappa shape index (κ1) is 28.3. The van der Waals surface area contributed by atoms with Crippen molar-refractivity contribution < 1.29 is 14.3 Å². The van der Waals surface area contributed by atoms with E-state index in [1.165, 1.54) is 17.5 Å². The quantitative estimate of drug-likeness (QED) is 0.117. The van der Waals surface area contributed by atoms with Crippen molar-refractivity contribution in [2.24, 2.45) is 0 Å². The molecule has 4 rings (SSSR count). The number of anilines is 1. The number of fused-ring (bicyclic) bond motifs is 1. The molecule has 0 spiro atoms. The predicted octanol–water partition coefficient (Wildman–Crippen LogP) is 6.32. The highest BCUT2D eigenvalue weighted by Gasteiger charge is 2.24. The summed E-state index contributed by atoms with van der Waals surface area (Å²) in [4.78, 5) is 21.6. The number of carbonyl (C=O) groups is 1. The molecule has 0 saturated carbocycles. The van der Waals surface area contributed by atoms with Gasteiger partial charge in [0.1, 0.15) is 10.8 Å². The summed E-state index contributed by atoms with van der Waals surface area (Å²) in [7, 11) is 5.19. The Morgan fingerprint density at radius 3 is 2.61 bits per heavy atom. The second kappa shape index (κ2) is 13.4. The number of hydrogen-bond donors (Lipinski definition) is 2. The molecular formula is C28H31ClN4O3S2. The summed E-state index contributed by atoms with van der Waals surface area (Å²) in [6.07, 6.45) is 1.21. The minimum absolute atomic E-state index is 0.0948. The van der Waals surface area contributed by atoms with E-state index in [0.29, 0.717) is 17.4 Å². The van der Waals surface area contributed by atoms with Crippen LogP contribution in [0.25, 0.3) is 10.9 Å². The van der Waals surface area contributed by atoms with Gasteiger partial charge in [0.05, 0.1) is 21.3 Å². The first-order valence-electron chi connectivity index (χ1n) is 12.0. The maximum absolute atomic E-state index is 13.2. The van der Waals surface area contributed by atoms with Crippen molar-refractivity contribution in [3.63, 3.8) is 0 Å². The van der Waals surface area contributed by atoms with Crippen molar-refractivity contribution in [1.29, 1.82) is 0 Å². The van der Waals surface area contributed by atoms with Gasteiger partial charge in [-0.3, -0.25) is 4.79 Å². The highest BCUT2D eigenvalue weighted by atomic mass is 35.5. The lowest BCUT2D eigenvalue weighted by molar-refractivity contribution is -0.101. The van der Waals surface area contributed by atoms with E-state index < -0.39 is 6.29 Å². The Kier molecular flexibility index (Phi) is 9.98. The summed E-state index contributed by atoms with van der Waals surface area (Å²) in [6, 6.07) is 20.0. The number of aromatic amines is 1. The summed E-state index contributed by atoms with van der Waals surface area (Å²) in [6.45, 7) is 2.42. The molecule has 1 atom stereocenters. The highest BCUT2D eigenvalue weighted by Crippen LogP contribution is 2.36. The number of aryl methyl sites for hydroxylation is 1. The number of carbonyl (C=O) groups excluding carboxylic acids is 1. The Morgan fingerprint density at radius 2 is 1.89 bits per heavy atom. The van der Waals surface area contributed by atoms with Gasteiger partial charge in [-0.15, -0.1) is 11.8 Å². The minimum Gasteiger partial charge on any atom is -0.355 e. The minimum atomic E-state index is -0.453. The molecule has 0 aliphatic rings. The Morgan fingerprint density at radius 1 is 1.13 bits per heavy atom. The van der Waals surface area contributed by atoms with Crippen LogP contribution >= 0.6 is 35.3 Å². The lowest BCUT2D eigenvalue weighted by Crippen LogP contribution is -2.39. The number of nitrogens with one attached hydrogen (secondary N) is 2. The molecular weight excluding hydrogens is 540 g/mol. The van der Waals surface area contributed by atoms with Crippen LogP contribution in [0.3, 0.4) is 0 Å². The second-order valence-electron chi connectivity index (χ2n) is 8.64. The number of hydrogen-bond acceptors (Lipinski definition) is 7. The van der Waals surface area contributed by atoms with Gasteiger partial charge in [-0.05, 0) is 54.3 Å². The van der Waals surface area contributed by atoms with E-state index >= 15 is 0 Å². The topological polar surface area (TPSA) is 79.5 Å². The number of H-pyrrole nitrogens is 1. The Balaban J connectivity index is 1.50. The van der Waals surface area contributed by atoms with E-state index in [-0.39, 0.29) is 11.2 Å². The van der Waals surface area contributed by atoms with Crippen LogP contribution in [0.2, 0.25) is 5.15 Å². The monoisotopic (exact) mass is 570 g/mol. The molecule has 0 aliphatic heterocycles. The molecule has 38 heavy (non-hydrogen) atoms. The van der Waals surface area contributed by atoms with E-state index in [0.717, 1.165) is 32.8 Å². The summed E-state index contributed by atoms with van der Waals surface area (Å²) in [5.74, 6) is 0.596. The largest absolute Gasteiger partial charge is 0.355 e.